The number of rotatable bonds is 7. The van der Waals surface area contributed by atoms with Gasteiger partial charge in [-0.3, -0.25) is 9.10 Å². The SMILES string of the molecule is Cc1ccc(Cl)cc1N(CC(=O)N[C@@H](C)c1ccc2c(c1)CCCC2)S(=O)(=O)c1ccccc1. The van der Waals surface area contributed by atoms with E-state index in [0.29, 0.717) is 16.3 Å². The molecular weight excluding hydrogens is 468 g/mol. The lowest BCUT2D eigenvalue weighted by atomic mass is 9.89. The second-order valence-electron chi connectivity index (χ2n) is 8.78. The van der Waals surface area contributed by atoms with Gasteiger partial charge in [-0.1, -0.05) is 54.1 Å². The van der Waals surface area contributed by atoms with Gasteiger partial charge >= 0.3 is 0 Å². The van der Waals surface area contributed by atoms with Crippen molar-refractivity contribution in [1.82, 2.24) is 5.32 Å². The van der Waals surface area contributed by atoms with Crippen LogP contribution in [0.4, 0.5) is 5.69 Å². The predicted octanol–water partition coefficient (Wildman–Crippen LogP) is 5.60. The van der Waals surface area contributed by atoms with Crippen LogP contribution in [0.25, 0.3) is 0 Å². The van der Waals surface area contributed by atoms with E-state index < -0.39 is 10.0 Å². The number of carbonyl (C=O) groups excluding carboxylic acids is 1. The van der Waals surface area contributed by atoms with Gasteiger partial charge in [-0.15, -0.1) is 0 Å². The number of sulfonamides is 1. The maximum absolute atomic E-state index is 13.6. The maximum Gasteiger partial charge on any atom is 0.264 e. The fourth-order valence-electron chi connectivity index (χ4n) is 4.39. The summed E-state index contributed by atoms with van der Waals surface area (Å²) in [6.45, 7) is 3.36. The number of halogens is 1. The highest BCUT2D eigenvalue weighted by Gasteiger charge is 2.29. The van der Waals surface area contributed by atoms with Crippen molar-refractivity contribution in [2.24, 2.45) is 0 Å². The minimum atomic E-state index is -3.99. The van der Waals surface area contributed by atoms with Crippen molar-refractivity contribution < 1.29 is 13.2 Å². The molecule has 1 atom stereocenters. The fourth-order valence-corrected chi connectivity index (χ4v) is 6.06. The first kappa shape index (κ1) is 24.3. The molecule has 5 nitrogen and oxygen atoms in total. The minimum Gasteiger partial charge on any atom is -0.348 e. The van der Waals surface area contributed by atoms with Crippen LogP contribution >= 0.6 is 11.6 Å². The summed E-state index contributed by atoms with van der Waals surface area (Å²) < 4.78 is 28.2. The predicted molar refractivity (Wildman–Crippen MR) is 137 cm³/mol. The van der Waals surface area contributed by atoms with Crippen LogP contribution in [0.3, 0.4) is 0 Å². The van der Waals surface area contributed by atoms with Crippen LogP contribution in [-0.4, -0.2) is 20.9 Å². The van der Waals surface area contributed by atoms with Crippen LogP contribution in [0.1, 0.15) is 48.1 Å². The molecule has 1 N–H and O–H groups in total. The lowest BCUT2D eigenvalue weighted by molar-refractivity contribution is -0.120. The first-order valence-electron chi connectivity index (χ1n) is 11.5. The lowest BCUT2D eigenvalue weighted by Crippen LogP contribution is -2.42. The zero-order chi connectivity index (χ0) is 24.3. The minimum absolute atomic E-state index is 0.116. The number of nitrogens with one attached hydrogen (secondary N) is 1. The van der Waals surface area contributed by atoms with Crippen LogP contribution in [0.15, 0.2) is 71.6 Å². The Labute approximate surface area is 206 Å². The summed E-state index contributed by atoms with van der Waals surface area (Å²) >= 11 is 6.19. The van der Waals surface area contributed by atoms with E-state index in [1.165, 1.54) is 36.1 Å². The van der Waals surface area contributed by atoms with Gasteiger partial charge in [0.1, 0.15) is 6.54 Å². The van der Waals surface area contributed by atoms with Crippen LogP contribution in [0, 0.1) is 6.92 Å². The number of carbonyl (C=O) groups is 1. The Balaban J connectivity index is 1.60. The fraction of sp³-hybridized carbons (Fsp3) is 0.296. The average molecular weight is 497 g/mol. The van der Waals surface area contributed by atoms with E-state index in [2.05, 4.69) is 23.5 Å². The number of amides is 1. The largest absolute Gasteiger partial charge is 0.348 e. The average Bonchev–Trinajstić information content (AvgIpc) is 2.84. The molecule has 178 valence electrons. The maximum atomic E-state index is 13.6. The molecule has 7 heteroatoms. The summed E-state index contributed by atoms with van der Waals surface area (Å²) in [5.41, 5.74) is 4.83. The summed E-state index contributed by atoms with van der Waals surface area (Å²) in [5, 5.41) is 3.38. The summed E-state index contributed by atoms with van der Waals surface area (Å²) in [5.74, 6) is -0.385. The molecule has 0 aliphatic heterocycles. The molecule has 34 heavy (non-hydrogen) atoms. The van der Waals surface area contributed by atoms with Gasteiger partial charge in [0.25, 0.3) is 10.0 Å². The zero-order valence-electron chi connectivity index (χ0n) is 19.4. The van der Waals surface area contributed by atoms with E-state index >= 15 is 0 Å². The van der Waals surface area contributed by atoms with Crippen molar-refractivity contribution in [2.75, 3.05) is 10.8 Å². The summed E-state index contributed by atoms with van der Waals surface area (Å²) in [7, 11) is -3.99. The Kier molecular flexibility index (Phi) is 7.29. The number of hydrogen-bond donors (Lipinski definition) is 1. The van der Waals surface area contributed by atoms with Gasteiger partial charge in [0.2, 0.25) is 5.91 Å². The first-order valence-corrected chi connectivity index (χ1v) is 13.3. The van der Waals surface area contributed by atoms with Gasteiger partial charge < -0.3 is 5.32 Å². The number of benzene rings is 3. The number of aryl methyl sites for hydroxylation is 3. The smallest absolute Gasteiger partial charge is 0.264 e. The molecule has 1 aliphatic carbocycles. The molecule has 0 bridgehead atoms. The molecule has 1 amide bonds. The molecule has 1 aliphatic rings. The third kappa shape index (κ3) is 5.29. The van der Waals surface area contributed by atoms with Gasteiger partial charge in [-0.05, 0) is 86.1 Å². The van der Waals surface area contributed by atoms with Crippen LogP contribution in [0.5, 0.6) is 0 Å². The Morgan fingerprint density at radius 1 is 1.00 bits per heavy atom. The number of hydrogen-bond acceptors (Lipinski definition) is 3. The lowest BCUT2D eigenvalue weighted by Gasteiger charge is -2.27. The van der Waals surface area contributed by atoms with Gasteiger partial charge in [0.15, 0.2) is 0 Å². The topological polar surface area (TPSA) is 66.5 Å². The van der Waals surface area contributed by atoms with Crippen LogP contribution in [-0.2, 0) is 27.7 Å². The van der Waals surface area contributed by atoms with E-state index in [1.54, 1.807) is 43.3 Å². The Morgan fingerprint density at radius 2 is 1.71 bits per heavy atom. The summed E-state index contributed by atoms with van der Waals surface area (Å²) in [6.07, 6.45) is 4.55. The molecule has 0 saturated heterocycles. The normalized spacial score (nSPS) is 14.2. The Morgan fingerprint density at radius 3 is 2.44 bits per heavy atom. The third-order valence-electron chi connectivity index (χ3n) is 6.31. The number of nitrogens with zero attached hydrogens (tertiary/aromatic N) is 1. The second kappa shape index (κ2) is 10.2. The van der Waals surface area contributed by atoms with Crippen molar-refractivity contribution in [1.29, 1.82) is 0 Å². The van der Waals surface area contributed by atoms with Gasteiger partial charge in [-0.25, -0.2) is 8.42 Å². The van der Waals surface area contributed by atoms with E-state index in [1.807, 2.05) is 6.92 Å². The van der Waals surface area contributed by atoms with E-state index in [9.17, 15) is 13.2 Å². The summed E-state index contributed by atoms with van der Waals surface area (Å²) in [6, 6.07) is 19.3. The molecule has 0 aromatic heterocycles. The van der Waals surface area contributed by atoms with Gasteiger partial charge in [-0.2, -0.15) is 0 Å². The summed E-state index contributed by atoms with van der Waals surface area (Å²) in [4.78, 5) is 13.2. The molecule has 3 aromatic rings. The van der Waals surface area contributed by atoms with Crippen molar-refractivity contribution in [3.05, 3.63) is 94.0 Å². The van der Waals surface area contributed by atoms with E-state index in [0.717, 1.165) is 22.7 Å². The van der Waals surface area contributed by atoms with Crippen molar-refractivity contribution >= 4 is 33.2 Å². The quantitative estimate of drug-likeness (QED) is 0.463. The third-order valence-corrected chi connectivity index (χ3v) is 8.32. The molecule has 0 spiro atoms. The van der Waals surface area contributed by atoms with Crippen molar-refractivity contribution in [2.45, 2.75) is 50.5 Å². The van der Waals surface area contributed by atoms with Gasteiger partial charge in [0.05, 0.1) is 16.6 Å². The van der Waals surface area contributed by atoms with Crippen LogP contribution < -0.4 is 9.62 Å². The Hall–Kier alpha value is -2.83. The molecule has 0 saturated carbocycles. The molecule has 4 rings (SSSR count). The molecule has 0 fully saturated rings. The number of fused-ring (bicyclic) bond motifs is 1. The highest BCUT2D eigenvalue weighted by molar-refractivity contribution is 7.92. The second-order valence-corrected chi connectivity index (χ2v) is 11.1. The van der Waals surface area contributed by atoms with E-state index in [-0.39, 0.29) is 23.4 Å². The molecule has 0 radical (unpaired) electrons. The van der Waals surface area contributed by atoms with Crippen molar-refractivity contribution in [3.8, 4) is 0 Å². The first-order chi connectivity index (χ1) is 16.3. The van der Waals surface area contributed by atoms with Crippen LogP contribution in [0.2, 0.25) is 5.02 Å². The van der Waals surface area contributed by atoms with E-state index in [4.69, 9.17) is 11.6 Å². The molecule has 3 aromatic carbocycles. The highest BCUT2D eigenvalue weighted by atomic mass is 35.5. The molecule has 0 unspecified atom stereocenters. The standard InChI is InChI=1S/C27H29ClN2O3S/c1-19-12-15-24(28)17-26(19)30(34(32,33)25-10-4-3-5-11-25)18-27(31)29-20(2)22-14-13-21-8-6-7-9-23(21)16-22/h3-5,10-17,20H,6-9,18H2,1-2H3,(H,29,31)/t20-/m0/s1. The van der Waals surface area contributed by atoms with Gasteiger partial charge in [0, 0.05) is 5.02 Å². The Bertz CT molecular complexity index is 1290. The highest BCUT2D eigenvalue weighted by Crippen LogP contribution is 2.30. The number of anilines is 1. The van der Waals surface area contributed by atoms with Crippen molar-refractivity contribution in [3.63, 3.8) is 0 Å². The monoisotopic (exact) mass is 496 g/mol. The molecule has 0 heterocycles. The molecular formula is C27H29ClN2O3S. The zero-order valence-corrected chi connectivity index (χ0v) is 21.0.